The van der Waals surface area contributed by atoms with Crippen molar-refractivity contribution in [3.05, 3.63) is 11.6 Å². The third kappa shape index (κ3) is 24.7. The van der Waals surface area contributed by atoms with Crippen molar-refractivity contribution in [1.82, 2.24) is 0 Å². The van der Waals surface area contributed by atoms with E-state index in [9.17, 15) is 9.59 Å². The van der Waals surface area contributed by atoms with Gasteiger partial charge in [0.2, 0.25) is 0 Å². The van der Waals surface area contributed by atoms with Crippen LogP contribution in [0.4, 0.5) is 0 Å². The number of hydrogen-bond donors (Lipinski definition) is 0. The van der Waals surface area contributed by atoms with E-state index in [4.69, 9.17) is 0 Å². The minimum absolute atomic E-state index is 0.744. The van der Waals surface area contributed by atoms with Crippen LogP contribution in [0.25, 0.3) is 0 Å². The smallest absolute Gasteiger partial charge is 0.142 e. The van der Waals surface area contributed by atoms with Gasteiger partial charge in [-0.2, -0.15) is 0 Å². The Balaban J connectivity index is 0. The molecule has 0 saturated carbocycles. The van der Waals surface area contributed by atoms with Crippen LogP contribution in [0.1, 0.15) is 46.5 Å². The molecule has 0 radical (unpaired) electrons. The SMILES string of the molecule is CC(C)=CC=O.CCCCCC=O. The molecule has 0 amide bonds. The molecule has 0 saturated heterocycles. The Kier molecular flexibility index (Phi) is 15.3. The molecular formula is C11H20O2. The van der Waals surface area contributed by atoms with E-state index in [1.54, 1.807) is 0 Å². The molecule has 0 aromatic rings. The Hall–Kier alpha value is -0.920. The van der Waals surface area contributed by atoms with Crippen LogP contribution in [0.3, 0.4) is 0 Å². The van der Waals surface area contributed by atoms with Gasteiger partial charge in [0.05, 0.1) is 0 Å². The van der Waals surface area contributed by atoms with Crippen molar-refractivity contribution in [3.63, 3.8) is 0 Å². The number of hydrogen-bond acceptors (Lipinski definition) is 2. The van der Waals surface area contributed by atoms with Crippen LogP contribution in [0.5, 0.6) is 0 Å². The number of rotatable bonds is 5. The number of carbonyl (C=O) groups excluding carboxylic acids is 2. The highest BCUT2D eigenvalue weighted by molar-refractivity contribution is 5.65. The quantitative estimate of drug-likeness (QED) is 0.374. The van der Waals surface area contributed by atoms with Crippen LogP contribution < -0.4 is 0 Å². The molecule has 0 N–H and O–H groups in total. The van der Waals surface area contributed by atoms with Gasteiger partial charge in [-0.3, -0.25) is 4.79 Å². The third-order valence-electron chi connectivity index (χ3n) is 1.33. The summed E-state index contributed by atoms with van der Waals surface area (Å²) in [5, 5.41) is 0. The van der Waals surface area contributed by atoms with Crippen LogP contribution in [-0.4, -0.2) is 12.6 Å². The van der Waals surface area contributed by atoms with Gasteiger partial charge in [-0.15, -0.1) is 0 Å². The van der Waals surface area contributed by atoms with Crippen molar-refractivity contribution in [2.24, 2.45) is 0 Å². The van der Waals surface area contributed by atoms with Crippen molar-refractivity contribution in [2.75, 3.05) is 0 Å². The Morgan fingerprint density at radius 3 is 2.00 bits per heavy atom. The first-order chi connectivity index (χ1) is 6.18. The van der Waals surface area contributed by atoms with E-state index in [0.29, 0.717) is 0 Å². The molecule has 0 heterocycles. The fourth-order valence-electron chi connectivity index (χ4n) is 0.614. The zero-order valence-electron chi connectivity index (χ0n) is 8.88. The first-order valence-corrected chi connectivity index (χ1v) is 4.71. The highest BCUT2D eigenvalue weighted by Gasteiger charge is 1.80. The fourth-order valence-corrected chi connectivity index (χ4v) is 0.614. The number of carbonyl (C=O) groups is 2. The van der Waals surface area contributed by atoms with Crippen LogP contribution in [0.15, 0.2) is 11.6 Å². The van der Waals surface area contributed by atoms with Gasteiger partial charge < -0.3 is 4.79 Å². The van der Waals surface area contributed by atoms with Gasteiger partial charge in [0.15, 0.2) is 0 Å². The predicted octanol–water partition coefficient (Wildman–Crippen LogP) is 2.92. The molecule has 2 nitrogen and oxygen atoms in total. The second-order valence-corrected chi connectivity index (χ2v) is 3.04. The lowest BCUT2D eigenvalue weighted by Crippen LogP contribution is -1.73. The van der Waals surface area contributed by atoms with Gasteiger partial charge in [-0.1, -0.05) is 25.3 Å². The lowest BCUT2D eigenvalue weighted by Gasteiger charge is -1.85. The van der Waals surface area contributed by atoms with Gasteiger partial charge in [0.1, 0.15) is 12.6 Å². The van der Waals surface area contributed by atoms with Gasteiger partial charge in [0.25, 0.3) is 0 Å². The Labute approximate surface area is 81.0 Å². The maximum Gasteiger partial charge on any atom is 0.142 e. The van der Waals surface area contributed by atoms with E-state index in [1.165, 1.54) is 18.9 Å². The largest absolute Gasteiger partial charge is 0.303 e. The van der Waals surface area contributed by atoms with Crippen LogP contribution in [0.2, 0.25) is 0 Å². The summed E-state index contributed by atoms with van der Waals surface area (Å²) in [6.45, 7) is 5.90. The lowest BCUT2D eigenvalue weighted by atomic mass is 10.2. The van der Waals surface area contributed by atoms with Crippen LogP contribution >= 0.6 is 0 Å². The first kappa shape index (κ1) is 14.6. The molecule has 0 bridgehead atoms. The summed E-state index contributed by atoms with van der Waals surface area (Å²) in [6, 6.07) is 0. The van der Waals surface area contributed by atoms with E-state index < -0.39 is 0 Å². The van der Waals surface area contributed by atoms with E-state index in [-0.39, 0.29) is 0 Å². The molecule has 0 aliphatic carbocycles. The number of allylic oxidation sites excluding steroid dienone is 2. The van der Waals surface area contributed by atoms with Gasteiger partial charge in [-0.25, -0.2) is 0 Å². The normalized spacial score (nSPS) is 7.92. The van der Waals surface area contributed by atoms with Gasteiger partial charge >= 0.3 is 0 Å². The van der Waals surface area contributed by atoms with E-state index in [2.05, 4.69) is 6.92 Å². The molecule has 0 fully saturated rings. The second-order valence-electron chi connectivity index (χ2n) is 3.04. The van der Waals surface area contributed by atoms with Crippen LogP contribution in [-0.2, 0) is 9.59 Å². The summed E-state index contributed by atoms with van der Waals surface area (Å²) < 4.78 is 0. The average molecular weight is 184 g/mol. The molecular weight excluding hydrogens is 164 g/mol. The average Bonchev–Trinajstić information content (AvgIpc) is 2.06. The van der Waals surface area contributed by atoms with E-state index in [0.717, 1.165) is 31.0 Å². The third-order valence-corrected chi connectivity index (χ3v) is 1.33. The fraction of sp³-hybridized carbons (Fsp3) is 0.636. The maximum absolute atomic E-state index is 9.68. The monoisotopic (exact) mass is 184 g/mol. The maximum atomic E-state index is 9.68. The summed E-state index contributed by atoms with van der Waals surface area (Å²) in [4.78, 5) is 19.2. The number of unbranched alkanes of at least 4 members (excludes halogenated alkanes) is 3. The standard InChI is InChI=1S/C6H12O.C5H8O/c1-2-3-4-5-6-7;1-5(2)3-4-6/h6H,2-5H2,1H3;3-4H,1-2H3. The van der Waals surface area contributed by atoms with E-state index >= 15 is 0 Å². The summed E-state index contributed by atoms with van der Waals surface area (Å²) in [7, 11) is 0. The predicted molar refractivity (Wildman–Crippen MR) is 55.7 cm³/mol. The molecule has 0 atom stereocenters. The minimum Gasteiger partial charge on any atom is -0.303 e. The Morgan fingerprint density at radius 2 is 1.77 bits per heavy atom. The molecule has 0 rings (SSSR count). The molecule has 0 aromatic carbocycles. The highest BCUT2D eigenvalue weighted by Crippen LogP contribution is 1.94. The summed E-state index contributed by atoms with van der Waals surface area (Å²) in [5.41, 5.74) is 1.05. The van der Waals surface area contributed by atoms with Crippen molar-refractivity contribution in [3.8, 4) is 0 Å². The van der Waals surface area contributed by atoms with Crippen molar-refractivity contribution in [1.29, 1.82) is 0 Å². The van der Waals surface area contributed by atoms with Crippen molar-refractivity contribution < 1.29 is 9.59 Å². The molecule has 0 spiro atoms. The Morgan fingerprint density at radius 1 is 1.15 bits per heavy atom. The molecule has 76 valence electrons. The molecule has 0 aromatic heterocycles. The molecule has 0 aliphatic heterocycles. The Bertz CT molecular complexity index is 144. The topological polar surface area (TPSA) is 34.1 Å². The van der Waals surface area contributed by atoms with E-state index in [1.807, 2.05) is 13.8 Å². The van der Waals surface area contributed by atoms with Gasteiger partial charge in [-0.05, 0) is 26.3 Å². The molecule has 0 unspecified atom stereocenters. The summed E-state index contributed by atoms with van der Waals surface area (Å²) >= 11 is 0. The number of aldehydes is 2. The highest BCUT2D eigenvalue weighted by atomic mass is 16.1. The van der Waals surface area contributed by atoms with Crippen molar-refractivity contribution >= 4 is 12.6 Å². The lowest BCUT2D eigenvalue weighted by molar-refractivity contribution is -0.108. The minimum atomic E-state index is 0.744. The summed E-state index contributed by atoms with van der Waals surface area (Å²) in [6.07, 6.45) is 7.51. The van der Waals surface area contributed by atoms with Gasteiger partial charge in [0, 0.05) is 6.42 Å². The zero-order chi connectivity index (χ0) is 10.5. The first-order valence-electron chi connectivity index (χ1n) is 4.71. The summed E-state index contributed by atoms with van der Waals surface area (Å²) in [5.74, 6) is 0. The van der Waals surface area contributed by atoms with Crippen molar-refractivity contribution in [2.45, 2.75) is 46.5 Å². The van der Waals surface area contributed by atoms with Crippen LogP contribution in [0, 0.1) is 0 Å². The molecule has 0 aliphatic rings. The second kappa shape index (κ2) is 13.7. The molecule has 13 heavy (non-hydrogen) atoms. The zero-order valence-corrected chi connectivity index (χ0v) is 8.88. The molecule has 2 heteroatoms.